The Hall–Kier alpha value is -0.630. The maximum absolute atomic E-state index is 9.54. The topological polar surface area (TPSA) is 48.3 Å². The van der Waals surface area contributed by atoms with Crippen LogP contribution in [0.15, 0.2) is 0 Å². The second-order valence-corrected chi connectivity index (χ2v) is 6.33. The third kappa shape index (κ3) is 4.73. The Morgan fingerprint density at radius 2 is 2.05 bits per heavy atom. The molecule has 1 atom stereocenters. The highest BCUT2D eigenvalue weighted by Gasteiger charge is 2.35. The fourth-order valence-corrected chi connectivity index (χ4v) is 2.85. The molecule has 0 aromatic rings. The van der Waals surface area contributed by atoms with Crippen LogP contribution in [0.3, 0.4) is 0 Å². The maximum Gasteiger partial charge on any atom is 0.106 e. The van der Waals surface area contributed by atoms with Crippen molar-refractivity contribution in [2.75, 3.05) is 26.8 Å². The summed E-state index contributed by atoms with van der Waals surface area (Å²) in [6.07, 6.45) is 8.12. The Balaban J connectivity index is 1.74. The largest absolute Gasteiger partial charge is 0.383 e. The first kappa shape index (κ1) is 15.8. The fourth-order valence-electron chi connectivity index (χ4n) is 2.85. The smallest absolute Gasteiger partial charge is 0.106 e. The molecule has 2 aliphatic carbocycles. The number of methoxy groups -OCH3 is 1. The lowest BCUT2D eigenvalue weighted by molar-refractivity contribution is 0.140. The van der Waals surface area contributed by atoms with Crippen LogP contribution in [0.5, 0.6) is 0 Å². The van der Waals surface area contributed by atoms with Crippen molar-refractivity contribution < 1.29 is 4.74 Å². The van der Waals surface area contributed by atoms with Gasteiger partial charge in [0.2, 0.25) is 0 Å². The average molecular weight is 279 g/mol. The van der Waals surface area contributed by atoms with Gasteiger partial charge in [0, 0.05) is 25.7 Å². The molecule has 1 unspecified atom stereocenters. The number of rotatable bonds is 11. The Bertz CT molecular complexity index is 333. The highest BCUT2D eigenvalue weighted by atomic mass is 16.5. The van der Waals surface area contributed by atoms with E-state index in [2.05, 4.69) is 23.2 Å². The molecule has 0 radical (unpaired) electrons. The van der Waals surface area contributed by atoms with Crippen molar-refractivity contribution in [1.82, 2.24) is 10.2 Å². The number of hydrogen-bond acceptors (Lipinski definition) is 4. The van der Waals surface area contributed by atoms with E-state index in [1.54, 1.807) is 7.11 Å². The van der Waals surface area contributed by atoms with Crippen molar-refractivity contribution in [3.05, 3.63) is 0 Å². The molecule has 0 aliphatic heterocycles. The molecule has 2 saturated carbocycles. The van der Waals surface area contributed by atoms with E-state index in [1.807, 2.05) is 0 Å². The van der Waals surface area contributed by atoms with Crippen LogP contribution in [-0.4, -0.2) is 49.3 Å². The Morgan fingerprint density at radius 3 is 2.55 bits per heavy atom. The van der Waals surface area contributed by atoms with Gasteiger partial charge in [0.05, 0.1) is 12.7 Å². The number of nitriles is 1. The summed E-state index contributed by atoms with van der Waals surface area (Å²) in [6.45, 7) is 5.07. The van der Waals surface area contributed by atoms with Crippen LogP contribution in [0.1, 0.15) is 51.9 Å². The highest BCUT2D eigenvalue weighted by molar-refractivity contribution is 5.09. The molecule has 2 aliphatic rings. The molecule has 0 saturated heterocycles. The van der Waals surface area contributed by atoms with Gasteiger partial charge < -0.3 is 4.74 Å². The van der Waals surface area contributed by atoms with Gasteiger partial charge in [-0.15, -0.1) is 0 Å². The molecule has 1 N–H and O–H groups in total. The number of nitrogens with zero attached hydrogens (tertiary/aromatic N) is 2. The van der Waals surface area contributed by atoms with Gasteiger partial charge in [-0.05, 0) is 51.5 Å². The predicted molar refractivity (Wildman–Crippen MR) is 80.5 cm³/mol. The molecule has 2 rings (SSSR count). The van der Waals surface area contributed by atoms with Crippen LogP contribution in [0.25, 0.3) is 0 Å². The van der Waals surface area contributed by atoms with Crippen molar-refractivity contribution >= 4 is 0 Å². The Morgan fingerprint density at radius 1 is 1.30 bits per heavy atom. The second kappa shape index (κ2) is 7.40. The molecule has 0 amide bonds. The molecule has 114 valence electrons. The zero-order valence-corrected chi connectivity index (χ0v) is 13.0. The Kier molecular flexibility index (Phi) is 5.83. The molecule has 20 heavy (non-hydrogen) atoms. The normalized spacial score (nSPS) is 21.7. The van der Waals surface area contributed by atoms with E-state index in [1.165, 1.54) is 25.7 Å². The van der Waals surface area contributed by atoms with Gasteiger partial charge >= 0.3 is 0 Å². The molecule has 0 heterocycles. The lowest BCUT2D eigenvalue weighted by Crippen LogP contribution is -2.45. The molecule has 4 heteroatoms. The summed E-state index contributed by atoms with van der Waals surface area (Å²) in [5.74, 6) is 0. The van der Waals surface area contributed by atoms with Gasteiger partial charge in [0.15, 0.2) is 0 Å². The summed E-state index contributed by atoms with van der Waals surface area (Å²) >= 11 is 0. The van der Waals surface area contributed by atoms with Crippen molar-refractivity contribution in [2.24, 2.45) is 0 Å². The van der Waals surface area contributed by atoms with Crippen molar-refractivity contribution in [2.45, 2.75) is 69.5 Å². The molecule has 0 aromatic heterocycles. The lowest BCUT2D eigenvalue weighted by Gasteiger charge is -2.28. The second-order valence-electron chi connectivity index (χ2n) is 6.33. The minimum absolute atomic E-state index is 0.294. The molecular weight excluding hydrogens is 250 g/mol. The van der Waals surface area contributed by atoms with E-state index >= 15 is 0 Å². The SMILES string of the molecule is CCC(C#N)(CCCN(CCOC)C1CC1)NC1CC1. The molecule has 0 bridgehead atoms. The number of ether oxygens (including phenoxy) is 1. The minimum Gasteiger partial charge on any atom is -0.383 e. The predicted octanol–water partition coefficient (Wildman–Crippen LogP) is 2.30. The zero-order chi connectivity index (χ0) is 14.4. The molecule has 0 spiro atoms. The summed E-state index contributed by atoms with van der Waals surface area (Å²) in [7, 11) is 1.77. The van der Waals surface area contributed by atoms with Crippen LogP contribution in [0.2, 0.25) is 0 Å². The molecule has 0 aromatic carbocycles. The van der Waals surface area contributed by atoms with Crippen LogP contribution in [-0.2, 0) is 4.74 Å². The van der Waals surface area contributed by atoms with Gasteiger partial charge in [0.25, 0.3) is 0 Å². The Labute approximate surface area is 123 Å². The monoisotopic (exact) mass is 279 g/mol. The maximum atomic E-state index is 9.54. The van der Waals surface area contributed by atoms with Crippen LogP contribution in [0, 0.1) is 11.3 Å². The summed E-state index contributed by atoms with van der Waals surface area (Å²) in [5.41, 5.74) is -0.294. The number of hydrogen-bond donors (Lipinski definition) is 1. The summed E-state index contributed by atoms with van der Waals surface area (Å²) in [4.78, 5) is 2.54. The molecule has 2 fully saturated rings. The van der Waals surface area contributed by atoms with Gasteiger partial charge in [0.1, 0.15) is 5.54 Å². The third-order valence-corrected chi connectivity index (χ3v) is 4.57. The molecule has 4 nitrogen and oxygen atoms in total. The number of nitrogens with one attached hydrogen (secondary N) is 1. The van der Waals surface area contributed by atoms with E-state index < -0.39 is 0 Å². The van der Waals surface area contributed by atoms with Gasteiger partial charge in [-0.25, -0.2) is 0 Å². The first-order valence-electron chi connectivity index (χ1n) is 8.15. The van der Waals surface area contributed by atoms with E-state index in [-0.39, 0.29) is 5.54 Å². The van der Waals surface area contributed by atoms with Crippen LogP contribution < -0.4 is 5.32 Å². The van der Waals surface area contributed by atoms with E-state index in [0.717, 1.165) is 45.0 Å². The first-order chi connectivity index (χ1) is 9.73. The molecular formula is C16H29N3O. The van der Waals surface area contributed by atoms with Crippen LogP contribution in [0.4, 0.5) is 0 Å². The van der Waals surface area contributed by atoms with Crippen molar-refractivity contribution in [1.29, 1.82) is 5.26 Å². The standard InChI is InChI=1S/C16H29N3O/c1-3-16(13-17,18-14-5-6-14)9-4-10-19(11-12-20-2)15-7-8-15/h14-15,18H,3-12H2,1-2H3. The lowest BCUT2D eigenvalue weighted by atomic mass is 9.91. The van der Waals surface area contributed by atoms with Crippen LogP contribution >= 0.6 is 0 Å². The zero-order valence-electron chi connectivity index (χ0n) is 13.0. The third-order valence-electron chi connectivity index (χ3n) is 4.57. The van der Waals surface area contributed by atoms with E-state index in [0.29, 0.717) is 6.04 Å². The van der Waals surface area contributed by atoms with Gasteiger partial charge in [-0.2, -0.15) is 5.26 Å². The minimum atomic E-state index is -0.294. The first-order valence-corrected chi connectivity index (χ1v) is 8.15. The van der Waals surface area contributed by atoms with Gasteiger partial charge in [-0.1, -0.05) is 6.92 Å². The highest BCUT2D eigenvalue weighted by Crippen LogP contribution is 2.29. The van der Waals surface area contributed by atoms with E-state index in [9.17, 15) is 5.26 Å². The summed E-state index contributed by atoms with van der Waals surface area (Å²) < 4.78 is 5.19. The van der Waals surface area contributed by atoms with E-state index in [4.69, 9.17) is 4.74 Å². The quantitative estimate of drug-likeness (QED) is 0.630. The summed E-state index contributed by atoms with van der Waals surface area (Å²) in [6, 6.07) is 3.92. The fraction of sp³-hybridized carbons (Fsp3) is 0.938. The van der Waals surface area contributed by atoms with Crippen molar-refractivity contribution in [3.8, 4) is 6.07 Å². The summed E-state index contributed by atoms with van der Waals surface area (Å²) in [5, 5.41) is 13.1. The average Bonchev–Trinajstić information content (AvgIpc) is 3.35. The van der Waals surface area contributed by atoms with Gasteiger partial charge in [-0.3, -0.25) is 10.2 Å². The van der Waals surface area contributed by atoms with Crippen molar-refractivity contribution in [3.63, 3.8) is 0 Å².